The second-order valence-corrected chi connectivity index (χ2v) is 8.81. The van der Waals surface area contributed by atoms with E-state index in [1.165, 1.54) is 0 Å². The second-order valence-electron chi connectivity index (χ2n) is 6.06. The van der Waals surface area contributed by atoms with Crippen LogP contribution in [0.3, 0.4) is 0 Å². The van der Waals surface area contributed by atoms with Gasteiger partial charge in [0.2, 0.25) is 5.91 Å². The van der Waals surface area contributed by atoms with Gasteiger partial charge in [-0.3, -0.25) is 4.79 Å². The van der Waals surface area contributed by atoms with E-state index < -0.39 is 39.8 Å². The summed E-state index contributed by atoms with van der Waals surface area (Å²) in [5, 5.41) is 4.66. The Morgan fingerprint density at radius 1 is 1.29 bits per heavy atom. The molecule has 24 heavy (non-hydrogen) atoms. The molecule has 1 aliphatic heterocycles. The van der Waals surface area contributed by atoms with Gasteiger partial charge in [-0.25, -0.2) is 13.4 Å². The van der Waals surface area contributed by atoms with Crippen LogP contribution in [0.1, 0.15) is 20.8 Å². The molecule has 11 heteroatoms. The van der Waals surface area contributed by atoms with Crippen molar-refractivity contribution in [2.45, 2.75) is 31.7 Å². The van der Waals surface area contributed by atoms with E-state index in [9.17, 15) is 26.4 Å². The fourth-order valence-electron chi connectivity index (χ4n) is 2.15. The fraction of sp³-hybridized carbons (Fsp3) is 0.846. The summed E-state index contributed by atoms with van der Waals surface area (Å²) >= 11 is 0. The summed E-state index contributed by atoms with van der Waals surface area (Å²) in [6.45, 7) is 4.00. The fourth-order valence-corrected chi connectivity index (χ4v) is 3.52. The van der Waals surface area contributed by atoms with E-state index in [-0.39, 0.29) is 18.8 Å². The third-order valence-electron chi connectivity index (χ3n) is 3.54. The molecule has 0 saturated carbocycles. The number of hydrogen-bond acceptors (Lipinski definition) is 4. The molecule has 1 amide bonds. The van der Waals surface area contributed by atoms with Crippen LogP contribution in [-0.2, 0) is 14.6 Å². The standard InChI is InChI=1S/C13H23F3N4O3S/c1-4-17-11(18-7-10(21)19-8-13(14,15)16)20-5-6-24(22,23)12(2,3)9-20/h4-9H2,1-3H3,(H,17,18)(H,19,21). The Kier molecular flexibility index (Phi) is 6.48. The van der Waals surface area contributed by atoms with Gasteiger partial charge < -0.3 is 15.5 Å². The van der Waals surface area contributed by atoms with Crippen molar-refractivity contribution in [1.29, 1.82) is 0 Å². The minimum Gasteiger partial charge on any atom is -0.357 e. The highest BCUT2D eigenvalue weighted by Gasteiger charge is 2.41. The number of guanidine groups is 1. The van der Waals surface area contributed by atoms with Crippen LogP contribution in [-0.4, -0.2) is 74.6 Å². The normalized spacial score (nSPS) is 20.6. The first-order chi connectivity index (χ1) is 10.9. The van der Waals surface area contributed by atoms with Crippen molar-refractivity contribution >= 4 is 21.7 Å². The van der Waals surface area contributed by atoms with Gasteiger partial charge in [0, 0.05) is 19.6 Å². The zero-order valence-corrected chi connectivity index (χ0v) is 14.7. The molecule has 1 aliphatic rings. The van der Waals surface area contributed by atoms with Crippen molar-refractivity contribution in [3.8, 4) is 0 Å². The topological polar surface area (TPSA) is 90.9 Å². The molecule has 1 fully saturated rings. The summed E-state index contributed by atoms with van der Waals surface area (Å²) in [7, 11) is -3.23. The predicted molar refractivity (Wildman–Crippen MR) is 84.5 cm³/mol. The Hall–Kier alpha value is -1.52. The second kappa shape index (κ2) is 7.58. The lowest BCUT2D eigenvalue weighted by Crippen LogP contribution is -2.57. The molecule has 0 aliphatic carbocycles. The van der Waals surface area contributed by atoms with Crippen LogP contribution in [0, 0.1) is 0 Å². The van der Waals surface area contributed by atoms with E-state index in [1.54, 1.807) is 31.0 Å². The van der Waals surface area contributed by atoms with Gasteiger partial charge in [-0.2, -0.15) is 13.2 Å². The van der Waals surface area contributed by atoms with E-state index in [4.69, 9.17) is 0 Å². The molecule has 1 heterocycles. The molecule has 0 aromatic rings. The van der Waals surface area contributed by atoms with E-state index in [1.807, 2.05) is 0 Å². The molecule has 2 N–H and O–H groups in total. The van der Waals surface area contributed by atoms with Crippen LogP contribution in [0.2, 0.25) is 0 Å². The van der Waals surface area contributed by atoms with Gasteiger partial charge in [-0.15, -0.1) is 0 Å². The molecule has 0 aromatic heterocycles. The zero-order valence-electron chi connectivity index (χ0n) is 13.9. The maximum Gasteiger partial charge on any atom is 0.405 e. The monoisotopic (exact) mass is 372 g/mol. The number of hydrogen-bond donors (Lipinski definition) is 2. The third-order valence-corrected chi connectivity index (χ3v) is 6.07. The molecular formula is C13H23F3N4O3S. The van der Waals surface area contributed by atoms with Crippen LogP contribution >= 0.6 is 0 Å². The number of nitrogens with one attached hydrogen (secondary N) is 2. The van der Waals surface area contributed by atoms with Gasteiger partial charge >= 0.3 is 6.18 Å². The Morgan fingerprint density at radius 3 is 2.42 bits per heavy atom. The molecule has 0 spiro atoms. The quantitative estimate of drug-likeness (QED) is 0.541. The number of nitrogens with zero attached hydrogens (tertiary/aromatic N) is 2. The molecule has 1 saturated heterocycles. The summed E-state index contributed by atoms with van der Waals surface area (Å²) in [6, 6.07) is 0. The molecular weight excluding hydrogens is 349 g/mol. The maximum absolute atomic E-state index is 12.1. The number of rotatable bonds is 4. The number of halogens is 3. The Labute approximate surface area is 139 Å². The molecule has 0 aromatic carbocycles. The van der Waals surface area contributed by atoms with E-state index >= 15 is 0 Å². The molecule has 0 atom stereocenters. The first-order valence-electron chi connectivity index (χ1n) is 7.47. The minimum atomic E-state index is -4.48. The van der Waals surface area contributed by atoms with Crippen LogP contribution < -0.4 is 10.6 Å². The highest BCUT2D eigenvalue weighted by molar-refractivity contribution is 7.92. The average Bonchev–Trinajstić information content (AvgIpc) is 2.43. The molecule has 0 radical (unpaired) electrons. The van der Waals surface area contributed by atoms with Gasteiger partial charge in [0.25, 0.3) is 0 Å². The maximum atomic E-state index is 12.1. The predicted octanol–water partition coefficient (Wildman–Crippen LogP) is 0.139. The summed E-state index contributed by atoms with van der Waals surface area (Å²) in [4.78, 5) is 17.2. The highest BCUT2D eigenvalue weighted by Crippen LogP contribution is 2.23. The van der Waals surface area contributed by atoms with E-state index in [0.29, 0.717) is 12.5 Å². The lowest BCUT2D eigenvalue weighted by molar-refractivity contribution is -0.137. The average molecular weight is 372 g/mol. The van der Waals surface area contributed by atoms with Gasteiger partial charge in [-0.05, 0) is 20.8 Å². The Bertz CT molecular complexity index is 588. The van der Waals surface area contributed by atoms with Gasteiger partial charge in [0.15, 0.2) is 15.8 Å². The van der Waals surface area contributed by atoms with Gasteiger partial charge in [0.1, 0.15) is 13.1 Å². The summed E-state index contributed by atoms with van der Waals surface area (Å²) in [5.41, 5.74) is 0. The first-order valence-corrected chi connectivity index (χ1v) is 9.12. The number of sulfone groups is 1. The molecule has 7 nitrogen and oxygen atoms in total. The highest BCUT2D eigenvalue weighted by atomic mass is 32.2. The molecule has 0 unspecified atom stereocenters. The molecule has 0 bridgehead atoms. The lowest BCUT2D eigenvalue weighted by Gasteiger charge is -2.39. The summed E-state index contributed by atoms with van der Waals surface area (Å²) in [5.74, 6) is -0.598. The minimum absolute atomic E-state index is 0.0509. The number of alkyl halides is 3. The number of carbonyl (C=O) groups is 1. The lowest BCUT2D eigenvalue weighted by atomic mass is 10.2. The van der Waals surface area contributed by atoms with Crippen LogP contribution in [0.25, 0.3) is 0 Å². The van der Waals surface area contributed by atoms with Crippen LogP contribution in [0.4, 0.5) is 13.2 Å². The number of carbonyl (C=O) groups excluding carboxylic acids is 1. The van der Waals surface area contributed by atoms with Crippen molar-refractivity contribution in [2.24, 2.45) is 4.99 Å². The van der Waals surface area contributed by atoms with Crippen molar-refractivity contribution in [3.05, 3.63) is 0 Å². The van der Waals surface area contributed by atoms with Gasteiger partial charge in [0.05, 0.1) is 10.5 Å². The number of amides is 1. The Morgan fingerprint density at radius 2 is 1.92 bits per heavy atom. The van der Waals surface area contributed by atoms with Crippen molar-refractivity contribution in [1.82, 2.24) is 15.5 Å². The summed E-state index contributed by atoms with van der Waals surface area (Å²) < 4.78 is 59.2. The SMILES string of the molecule is CCNC(=NCC(=O)NCC(F)(F)F)N1CCS(=O)(=O)C(C)(C)C1. The first kappa shape index (κ1) is 20.5. The smallest absolute Gasteiger partial charge is 0.357 e. The van der Waals surface area contributed by atoms with Crippen LogP contribution in [0.15, 0.2) is 4.99 Å². The largest absolute Gasteiger partial charge is 0.405 e. The summed E-state index contributed by atoms with van der Waals surface area (Å²) in [6.07, 6.45) is -4.48. The van der Waals surface area contributed by atoms with Crippen LogP contribution in [0.5, 0.6) is 0 Å². The number of aliphatic imine (C=N–C) groups is 1. The third kappa shape index (κ3) is 5.84. The van der Waals surface area contributed by atoms with Crippen molar-refractivity contribution in [2.75, 3.05) is 38.5 Å². The molecule has 1 rings (SSSR count). The zero-order chi connectivity index (χ0) is 18.6. The van der Waals surface area contributed by atoms with Crippen molar-refractivity contribution < 1.29 is 26.4 Å². The van der Waals surface area contributed by atoms with Crippen molar-refractivity contribution in [3.63, 3.8) is 0 Å². The Balaban J connectivity index is 2.75. The van der Waals surface area contributed by atoms with Gasteiger partial charge in [-0.1, -0.05) is 0 Å². The molecule has 140 valence electrons. The van der Waals surface area contributed by atoms with E-state index in [0.717, 1.165) is 0 Å². The van der Waals surface area contributed by atoms with E-state index in [2.05, 4.69) is 10.3 Å².